The number of hydrogen-bond acceptors (Lipinski definition) is 7. The van der Waals surface area contributed by atoms with Gasteiger partial charge in [0.25, 0.3) is 5.91 Å². The summed E-state index contributed by atoms with van der Waals surface area (Å²) in [5, 5.41) is 14.2. The van der Waals surface area contributed by atoms with Crippen LogP contribution in [0.3, 0.4) is 0 Å². The fourth-order valence-corrected chi connectivity index (χ4v) is 7.56. The number of aromatic nitrogens is 1. The summed E-state index contributed by atoms with van der Waals surface area (Å²) in [6.45, 7) is 6.20. The lowest BCUT2D eigenvalue weighted by Crippen LogP contribution is -2.34. The molecule has 1 aliphatic carbocycles. The van der Waals surface area contributed by atoms with Crippen molar-refractivity contribution in [1.29, 1.82) is 5.26 Å². The average Bonchev–Trinajstić information content (AvgIpc) is 3.36. The van der Waals surface area contributed by atoms with Crippen LogP contribution in [-0.4, -0.2) is 41.0 Å². The summed E-state index contributed by atoms with van der Waals surface area (Å²) >= 11 is 1.46. The molecule has 6 rings (SSSR count). The Morgan fingerprint density at radius 2 is 1.93 bits per heavy atom. The standard InChI is InChI=1S/C34H34N4O3S/c1-3-16-38-17-15-29-27(20-38)31(25-11-7-8-12-28(25)36-29)34(40)41-21(2)32(39)37-33-26(19-35)24-14-13-23(18-30(24)42-33)22-9-5-4-6-10-22/h4-12,21,23H,3,13-18,20H2,1-2H3,(H,37,39). The van der Waals surface area contributed by atoms with Crippen molar-refractivity contribution < 1.29 is 14.3 Å². The third-order valence-electron chi connectivity index (χ3n) is 8.41. The highest BCUT2D eigenvalue weighted by Crippen LogP contribution is 2.42. The number of nitriles is 1. The molecule has 1 amide bonds. The van der Waals surface area contributed by atoms with Crippen LogP contribution in [0.5, 0.6) is 0 Å². The van der Waals surface area contributed by atoms with Crippen LogP contribution in [0.4, 0.5) is 5.00 Å². The molecule has 42 heavy (non-hydrogen) atoms. The zero-order valence-corrected chi connectivity index (χ0v) is 24.8. The molecule has 1 N–H and O–H groups in total. The van der Waals surface area contributed by atoms with E-state index in [9.17, 15) is 14.9 Å². The summed E-state index contributed by atoms with van der Waals surface area (Å²) in [4.78, 5) is 35.4. The van der Waals surface area contributed by atoms with Gasteiger partial charge in [0.05, 0.1) is 16.6 Å². The molecule has 0 saturated carbocycles. The largest absolute Gasteiger partial charge is 0.449 e. The average molecular weight is 579 g/mol. The SMILES string of the molecule is CCCN1CCc2nc3ccccc3c(C(=O)OC(C)C(=O)Nc3sc4c(c3C#N)CCC(c3ccccc3)C4)c2C1. The highest BCUT2D eigenvalue weighted by molar-refractivity contribution is 7.16. The third kappa shape index (κ3) is 5.42. The molecule has 2 atom stereocenters. The van der Waals surface area contributed by atoms with Gasteiger partial charge in [0, 0.05) is 41.0 Å². The molecule has 214 valence electrons. The Morgan fingerprint density at radius 3 is 2.71 bits per heavy atom. The number of fused-ring (bicyclic) bond motifs is 3. The van der Waals surface area contributed by atoms with Crippen molar-refractivity contribution in [3.05, 3.63) is 93.0 Å². The first-order valence-corrected chi connectivity index (χ1v) is 15.5. The van der Waals surface area contributed by atoms with E-state index in [0.29, 0.717) is 28.6 Å². The maximum Gasteiger partial charge on any atom is 0.339 e. The van der Waals surface area contributed by atoms with Crippen LogP contribution in [0, 0.1) is 11.3 Å². The van der Waals surface area contributed by atoms with Gasteiger partial charge in [-0.25, -0.2) is 4.79 Å². The number of rotatable bonds is 7. The number of carbonyl (C=O) groups is 2. The van der Waals surface area contributed by atoms with E-state index in [0.717, 1.165) is 77.8 Å². The summed E-state index contributed by atoms with van der Waals surface area (Å²) in [7, 11) is 0. The van der Waals surface area contributed by atoms with E-state index in [2.05, 4.69) is 47.5 Å². The maximum atomic E-state index is 13.7. The van der Waals surface area contributed by atoms with Gasteiger partial charge in [-0.15, -0.1) is 11.3 Å². The topological polar surface area (TPSA) is 95.3 Å². The third-order valence-corrected chi connectivity index (χ3v) is 9.58. The molecule has 7 nitrogen and oxygen atoms in total. The number of nitrogens with one attached hydrogen (secondary N) is 1. The minimum Gasteiger partial charge on any atom is -0.449 e. The lowest BCUT2D eigenvalue weighted by atomic mass is 9.83. The first-order chi connectivity index (χ1) is 20.5. The van der Waals surface area contributed by atoms with Gasteiger partial charge >= 0.3 is 5.97 Å². The van der Waals surface area contributed by atoms with Crippen molar-refractivity contribution in [2.24, 2.45) is 0 Å². The molecule has 2 aromatic heterocycles. The Balaban J connectivity index is 1.21. The van der Waals surface area contributed by atoms with Gasteiger partial charge in [-0.05, 0) is 62.3 Å². The fourth-order valence-electron chi connectivity index (χ4n) is 6.27. The molecule has 0 bridgehead atoms. The zero-order valence-electron chi connectivity index (χ0n) is 24.0. The number of nitrogens with zero attached hydrogens (tertiary/aromatic N) is 3. The molecule has 0 saturated heterocycles. The normalized spacial score (nSPS) is 17.1. The Hall–Kier alpha value is -4.06. The van der Waals surface area contributed by atoms with Gasteiger partial charge in [0.15, 0.2) is 6.10 Å². The van der Waals surface area contributed by atoms with E-state index in [1.54, 1.807) is 6.92 Å². The highest BCUT2D eigenvalue weighted by Gasteiger charge is 2.31. The lowest BCUT2D eigenvalue weighted by molar-refractivity contribution is -0.123. The summed E-state index contributed by atoms with van der Waals surface area (Å²) < 4.78 is 5.81. The van der Waals surface area contributed by atoms with E-state index < -0.39 is 18.0 Å². The highest BCUT2D eigenvalue weighted by atomic mass is 32.1. The van der Waals surface area contributed by atoms with Crippen LogP contribution in [-0.2, 0) is 35.3 Å². The molecule has 0 fully saturated rings. The van der Waals surface area contributed by atoms with Gasteiger partial charge < -0.3 is 10.1 Å². The molecule has 3 heterocycles. The van der Waals surface area contributed by atoms with Crippen molar-refractivity contribution in [1.82, 2.24) is 9.88 Å². The summed E-state index contributed by atoms with van der Waals surface area (Å²) in [5.41, 5.74) is 5.90. The minimum absolute atomic E-state index is 0.390. The van der Waals surface area contributed by atoms with E-state index in [-0.39, 0.29) is 0 Å². The van der Waals surface area contributed by atoms with Crippen LogP contribution in [0.25, 0.3) is 10.9 Å². The number of benzene rings is 2. The van der Waals surface area contributed by atoms with Crippen molar-refractivity contribution >= 4 is 39.1 Å². The first-order valence-electron chi connectivity index (χ1n) is 14.7. The summed E-state index contributed by atoms with van der Waals surface area (Å²) in [6, 6.07) is 20.3. The van der Waals surface area contributed by atoms with E-state index in [1.165, 1.54) is 16.9 Å². The number of hydrogen-bond donors (Lipinski definition) is 1. The number of thiophene rings is 1. The van der Waals surface area contributed by atoms with E-state index in [4.69, 9.17) is 9.72 Å². The molecule has 2 aromatic carbocycles. The van der Waals surface area contributed by atoms with Gasteiger partial charge in [-0.1, -0.05) is 55.5 Å². The summed E-state index contributed by atoms with van der Waals surface area (Å²) in [6.07, 6.45) is 3.35. The van der Waals surface area contributed by atoms with Crippen LogP contribution in [0.1, 0.15) is 75.8 Å². The second-order valence-corrected chi connectivity index (χ2v) is 12.3. The number of anilines is 1. The summed E-state index contributed by atoms with van der Waals surface area (Å²) in [5.74, 6) is -0.581. The van der Waals surface area contributed by atoms with E-state index in [1.807, 2.05) is 30.3 Å². The van der Waals surface area contributed by atoms with Crippen molar-refractivity contribution in [3.63, 3.8) is 0 Å². The number of pyridine rings is 1. The number of amides is 1. The van der Waals surface area contributed by atoms with Crippen molar-refractivity contribution in [2.75, 3.05) is 18.4 Å². The van der Waals surface area contributed by atoms with Gasteiger partial charge in [-0.2, -0.15) is 5.26 Å². The number of para-hydroxylation sites is 1. The number of ether oxygens (including phenoxy) is 1. The maximum absolute atomic E-state index is 13.7. The number of esters is 1. The van der Waals surface area contributed by atoms with Crippen LogP contribution in [0.2, 0.25) is 0 Å². The monoisotopic (exact) mass is 578 g/mol. The van der Waals surface area contributed by atoms with Crippen LogP contribution >= 0.6 is 11.3 Å². The molecular weight excluding hydrogens is 544 g/mol. The molecule has 8 heteroatoms. The minimum atomic E-state index is -1.04. The Labute approximate surface area is 250 Å². The van der Waals surface area contributed by atoms with Crippen molar-refractivity contribution in [3.8, 4) is 6.07 Å². The predicted octanol–water partition coefficient (Wildman–Crippen LogP) is 6.39. The smallest absolute Gasteiger partial charge is 0.339 e. The van der Waals surface area contributed by atoms with E-state index >= 15 is 0 Å². The Bertz CT molecular complexity index is 1690. The second-order valence-electron chi connectivity index (χ2n) is 11.2. The molecular formula is C34H34N4O3S. The predicted molar refractivity (Wildman–Crippen MR) is 165 cm³/mol. The number of carbonyl (C=O) groups excluding carboxylic acids is 2. The molecule has 2 unspecified atom stereocenters. The van der Waals surface area contributed by atoms with Gasteiger partial charge in [-0.3, -0.25) is 14.7 Å². The lowest BCUT2D eigenvalue weighted by Gasteiger charge is -2.29. The first kappa shape index (κ1) is 28.1. The van der Waals surface area contributed by atoms with Gasteiger partial charge in [0.1, 0.15) is 11.1 Å². The van der Waals surface area contributed by atoms with Gasteiger partial charge in [0.2, 0.25) is 0 Å². The van der Waals surface area contributed by atoms with Crippen molar-refractivity contribution in [2.45, 2.75) is 64.5 Å². The second kappa shape index (κ2) is 12.0. The Morgan fingerprint density at radius 1 is 1.14 bits per heavy atom. The molecule has 4 aromatic rings. The molecule has 1 aliphatic heterocycles. The Kier molecular flexibility index (Phi) is 8.05. The molecule has 2 aliphatic rings. The van der Waals surface area contributed by atoms with Crippen LogP contribution < -0.4 is 5.32 Å². The fraction of sp³-hybridized carbons (Fsp3) is 0.353. The zero-order chi connectivity index (χ0) is 29.2. The van der Waals surface area contributed by atoms with Crippen LogP contribution in [0.15, 0.2) is 54.6 Å². The quantitative estimate of drug-likeness (QED) is 0.255. The molecule has 0 radical (unpaired) electrons. The molecule has 0 spiro atoms.